The van der Waals surface area contributed by atoms with E-state index >= 15 is 0 Å². The van der Waals surface area contributed by atoms with E-state index in [2.05, 4.69) is 4.98 Å². The standard InChI is InChI=1S/C13H13NOS2/c1-16-13(17-2)7-12(15)10-8-14-11-6-4-3-5-9(10)11/h3-8,14H,1-2H3. The van der Waals surface area contributed by atoms with Gasteiger partial charge in [-0.1, -0.05) is 18.2 Å². The molecule has 17 heavy (non-hydrogen) atoms. The zero-order chi connectivity index (χ0) is 12.3. The van der Waals surface area contributed by atoms with E-state index < -0.39 is 0 Å². The van der Waals surface area contributed by atoms with Gasteiger partial charge in [-0.05, 0) is 18.6 Å². The molecule has 0 aliphatic carbocycles. The molecule has 2 rings (SSSR count). The van der Waals surface area contributed by atoms with Gasteiger partial charge in [0.2, 0.25) is 0 Å². The maximum atomic E-state index is 12.1. The first kappa shape index (κ1) is 12.3. The van der Waals surface area contributed by atoms with Gasteiger partial charge in [0.1, 0.15) is 0 Å². The number of hydrogen-bond donors (Lipinski definition) is 1. The van der Waals surface area contributed by atoms with Crippen LogP contribution in [-0.2, 0) is 0 Å². The fourth-order valence-electron chi connectivity index (χ4n) is 1.66. The quantitative estimate of drug-likeness (QED) is 0.670. The van der Waals surface area contributed by atoms with Gasteiger partial charge in [0, 0.05) is 33.0 Å². The van der Waals surface area contributed by atoms with E-state index in [1.54, 1.807) is 35.8 Å². The molecule has 0 aliphatic heterocycles. The number of hydrogen-bond acceptors (Lipinski definition) is 3. The number of H-pyrrole nitrogens is 1. The highest BCUT2D eigenvalue weighted by Gasteiger charge is 2.10. The van der Waals surface area contributed by atoms with Gasteiger partial charge >= 0.3 is 0 Å². The molecule has 1 aromatic heterocycles. The molecular formula is C13H13NOS2. The molecular weight excluding hydrogens is 250 g/mol. The molecule has 0 atom stereocenters. The smallest absolute Gasteiger partial charge is 0.189 e. The molecule has 0 amide bonds. The second-order valence-corrected chi connectivity index (χ2v) is 5.44. The maximum absolute atomic E-state index is 12.1. The SMILES string of the molecule is CSC(=CC(=O)c1c[nH]c2ccccc12)SC. The molecule has 2 nitrogen and oxygen atoms in total. The Morgan fingerprint density at radius 3 is 2.65 bits per heavy atom. The highest BCUT2D eigenvalue weighted by atomic mass is 32.2. The lowest BCUT2D eigenvalue weighted by atomic mass is 10.1. The Balaban J connectivity index is 2.40. The Labute approximate surface area is 109 Å². The first-order chi connectivity index (χ1) is 8.26. The van der Waals surface area contributed by atoms with Crippen molar-refractivity contribution in [2.45, 2.75) is 0 Å². The largest absolute Gasteiger partial charge is 0.360 e. The first-order valence-electron chi connectivity index (χ1n) is 5.16. The van der Waals surface area contributed by atoms with Gasteiger partial charge in [0.15, 0.2) is 5.78 Å². The molecule has 88 valence electrons. The van der Waals surface area contributed by atoms with E-state index in [0.717, 1.165) is 20.7 Å². The summed E-state index contributed by atoms with van der Waals surface area (Å²) in [4.78, 5) is 15.2. The molecule has 0 radical (unpaired) electrons. The van der Waals surface area contributed by atoms with Crippen molar-refractivity contribution < 1.29 is 4.79 Å². The van der Waals surface area contributed by atoms with Gasteiger partial charge in [-0.25, -0.2) is 0 Å². The third-order valence-corrected chi connectivity index (χ3v) is 4.55. The summed E-state index contributed by atoms with van der Waals surface area (Å²) in [5.41, 5.74) is 1.74. The molecule has 0 saturated carbocycles. The van der Waals surface area contributed by atoms with Gasteiger partial charge in [0.25, 0.3) is 0 Å². The van der Waals surface area contributed by atoms with Crippen molar-refractivity contribution in [2.75, 3.05) is 12.5 Å². The van der Waals surface area contributed by atoms with Crippen LogP contribution in [-0.4, -0.2) is 23.3 Å². The molecule has 0 bridgehead atoms. The molecule has 0 fully saturated rings. The summed E-state index contributed by atoms with van der Waals surface area (Å²) in [6, 6.07) is 7.84. The van der Waals surface area contributed by atoms with Crippen LogP contribution >= 0.6 is 23.5 Å². The summed E-state index contributed by atoms with van der Waals surface area (Å²) >= 11 is 3.19. The van der Waals surface area contributed by atoms with Crippen molar-refractivity contribution in [3.05, 3.63) is 46.3 Å². The van der Waals surface area contributed by atoms with Crippen LogP contribution in [0.25, 0.3) is 10.9 Å². The van der Waals surface area contributed by atoms with Gasteiger partial charge in [-0.2, -0.15) is 0 Å². The van der Waals surface area contributed by atoms with Crippen molar-refractivity contribution in [3.8, 4) is 0 Å². The Hall–Kier alpha value is -1.13. The Morgan fingerprint density at radius 2 is 1.94 bits per heavy atom. The Bertz CT molecular complexity index is 566. The minimum atomic E-state index is 0.0566. The number of thioether (sulfide) groups is 2. The first-order valence-corrected chi connectivity index (χ1v) is 7.61. The number of ketones is 1. The number of para-hydroxylation sites is 1. The predicted molar refractivity (Wildman–Crippen MR) is 77.7 cm³/mol. The lowest BCUT2D eigenvalue weighted by molar-refractivity contribution is 0.104. The molecule has 1 N–H and O–H groups in total. The van der Waals surface area contributed by atoms with Gasteiger partial charge in [-0.15, -0.1) is 23.5 Å². The topological polar surface area (TPSA) is 32.9 Å². The zero-order valence-electron chi connectivity index (χ0n) is 9.69. The van der Waals surface area contributed by atoms with E-state index in [0.29, 0.717) is 0 Å². The Morgan fingerprint density at radius 1 is 1.24 bits per heavy atom. The summed E-state index contributed by atoms with van der Waals surface area (Å²) in [6.07, 6.45) is 7.43. The highest BCUT2D eigenvalue weighted by molar-refractivity contribution is 8.21. The number of aromatic amines is 1. The number of fused-ring (bicyclic) bond motifs is 1. The normalized spacial score (nSPS) is 10.5. The summed E-state index contributed by atoms with van der Waals surface area (Å²) < 4.78 is 1.03. The van der Waals surface area contributed by atoms with Crippen molar-refractivity contribution in [1.82, 2.24) is 4.98 Å². The number of carbonyl (C=O) groups excluding carboxylic acids is 1. The van der Waals surface area contributed by atoms with Crippen LogP contribution in [0.15, 0.2) is 40.8 Å². The summed E-state index contributed by atoms with van der Waals surface area (Å²) in [5.74, 6) is 0.0566. The predicted octanol–water partition coefficient (Wildman–Crippen LogP) is 3.92. The molecule has 0 saturated heterocycles. The van der Waals surface area contributed by atoms with Gasteiger partial charge in [0.05, 0.1) is 0 Å². The minimum absolute atomic E-state index is 0.0566. The van der Waals surface area contributed by atoms with E-state index in [4.69, 9.17) is 0 Å². The molecule has 0 unspecified atom stereocenters. The van der Waals surface area contributed by atoms with Crippen LogP contribution in [0.1, 0.15) is 10.4 Å². The number of rotatable bonds is 4. The second kappa shape index (κ2) is 5.47. The van der Waals surface area contributed by atoms with E-state index in [1.165, 1.54) is 0 Å². The van der Waals surface area contributed by atoms with Crippen LogP contribution in [0, 0.1) is 0 Å². The third-order valence-electron chi connectivity index (χ3n) is 2.51. The molecule has 1 aromatic carbocycles. The molecule has 0 spiro atoms. The average Bonchev–Trinajstić information content (AvgIpc) is 2.79. The van der Waals surface area contributed by atoms with Crippen LogP contribution in [0.2, 0.25) is 0 Å². The summed E-state index contributed by atoms with van der Waals surface area (Å²) in [6.45, 7) is 0. The number of allylic oxidation sites excluding steroid dienone is 1. The number of nitrogens with one attached hydrogen (secondary N) is 1. The van der Waals surface area contributed by atoms with E-state index in [9.17, 15) is 4.79 Å². The van der Waals surface area contributed by atoms with Crippen molar-refractivity contribution in [1.29, 1.82) is 0 Å². The van der Waals surface area contributed by atoms with E-state index in [-0.39, 0.29) is 5.78 Å². The monoisotopic (exact) mass is 263 g/mol. The second-order valence-electron chi connectivity index (χ2n) is 3.48. The lowest BCUT2D eigenvalue weighted by Crippen LogP contribution is -1.93. The number of benzene rings is 1. The van der Waals surface area contributed by atoms with E-state index in [1.807, 2.05) is 36.8 Å². The molecule has 2 aromatic rings. The van der Waals surface area contributed by atoms with Crippen LogP contribution in [0.3, 0.4) is 0 Å². The third kappa shape index (κ3) is 2.58. The summed E-state index contributed by atoms with van der Waals surface area (Å²) in [7, 11) is 0. The van der Waals surface area contributed by atoms with Gasteiger partial charge in [-0.3, -0.25) is 4.79 Å². The molecule has 4 heteroatoms. The molecule has 1 heterocycles. The number of carbonyl (C=O) groups is 1. The van der Waals surface area contributed by atoms with Crippen molar-refractivity contribution in [2.24, 2.45) is 0 Å². The number of aromatic nitrogens is 1. The average molecular weight is 263 g/mol. The fraction of sp³-hybridized carbons (Fsp3) is 0.154. The zero-order valence-corrected chi connectivity index (χ0v) is 11.3. The van der Waals surface area contributed by atoms with Crippen LogP contribution < -0.4 is 0 Å². The fourth-order valence-corrected chi connectivity index (χ4v) is 2.78. The van der Waals surface area contributed by atoms with Gasteiger partial charge < -0.3 is 4.98 Å². The van der Waals surface area contributed by atoms with Crippen molar-refractivity contribution >= 4 is 40.2 Å². The van der Waals surface area contributed by atoms with Crippen LogP contribution in [0.4, 0.5) is 0 Å². The van der Waals surface area contributed by atoms with Crippen molar-refractivity contribution in [3.63, 3.8) is 0 Å². The lowest BCUT2D eigenvalue weighted by Gasteiger charge is -1.98. The van der Waals surface area contributed by atoms with Crippen LogP contribution in [0.5, 0.6) is 0 Å². The summed E-state index contributed by atoms with van der Waals surface area (Å²) in [5, 5.41) is 0.982. The molecule has 0 aliphatic rings. The Kier molecular flexibility index (Phi) is 3.97. The highest BCUT2D eigenvalue weighted by Crippen LogP contribution is 2.25. The minimum Gasteiger partial charge on any atom is -0.360 e. The maximum Gasteiger partial charge on any atom is 0.189 e.